The van der Waals surface area contributed by atoms with Crippen molar-refractivity contribution in [2.24, 2.45) is 0 Å². The van der Waals surface area contributed by atoms with Gasteiger partial charge < -0.3 is 20.3 Å². The molecule has 3 N–H and O–H groups in total. The second-order valence-electron chi connectivity index (χ2n) is 16.5. The highest BCUT2D eigenvalue weighted by atomic mass is 16.5. The van der Waals surface area contributed by atoms with E-state index in [2.05, 4.69) is 38.2 Å². The van der Waals surface area contributed by atoms with Crippen molar-refractivity contribution in [3.63, 3.8) is 0 Å². The van der Waals surface area contributed by atoms with Crippen LogP contribution < -0.4 is 5.32 Å². The first-order valence-corrected chi connectivity index (χ1v) is 23.9. The molecule has 0 spiro atoms. The van der Waals surface area contributed by atoms with E-state index in [-0.39, 0.29) is 24.9 Å². The SMILES string of the molecule is CCCCCCCC/C=C\CCCC(CC(=O)NC(CO)C(O)CCCCCCCCCCCC)OC(=O)CCCCCCCCCCCCCCCC. The number of allylic oxidation sites excluding steroid dienone is 2. The first kappa shape index (κ1) is 52.6. The van der Waals surface area contributed by atoms with E-state index in [0.29, 0.717) is 19.3 Å². The Balaban J connectivity index is 4.56. The van der Waals surface area contributed by atoms with Crippen LogP contribution in [0.5, 0.6) is 0 Å². The molecule has 0 saturated heterocycles. The molecule has 1 amide bonds. The Morgan fingerprint density at radius 2 is 0.907 bits per heavy atom. The van der Waals surface area contributed by atoms with Gasteiger partial charge in [0, 0.05) is 6.42 Å². The molecular formula is C48H93NO5. The fourth-order valence-corrected chi connectivity index (χ4v) is 7.43. The largest absolute Gasteiger partial charge is 0.462 e. The highest BCUT2D eigenvalue weighted by Gasteiger charge is 2.24. The highest BCUT2D eigenvalue weighted by Crippen LogP contribution is 2.17. The van der Waals surface area contributed by atoms with Gasteiger partial charge >= 0.3 is 5.97 Å². The number of hydrogen-bond acceptors (Lipinski definition) is 5. The molecule has 0 aromatic rings. The Morgan fingerprint density at radius 1 is 0.519 bits per heavy atom. The molecule has 0 aliphatic heterocycles. The van der Waals surface area contributed by atoms with E-state index in [1.807, 2.05) is 0 Å². The maximum atomic E-state index is 13.1. The number of aliphatic hydroxyl groups is 2. The average molecular weight is 764 g/mol. The Hall–Kier alpha value is -1.40. The number of esters is 1. The zero-order valence-corrected chi connectivity index (χ0v) is 36.4. The summed E-state index contributed by atoms with van der Waals surface area (Å²) in [6, 6.07) is -0.701. The summed E-state index contributed by atoms with van der Waals surface area (Å²) in [5.41, 5.74) is 0. The summed E-state index contributed by atoms with van der Waals surface area (Å²) < 4.78 is 5.89. The number of carbonyl (C=O) groups excluding carboxylic acids is 2. The lowest BCUT2D eigenvalue weighted by Gasteiger charge is -2.24. The van der Waals surface area contributed by atoms with Crippen LogP contribution in [-0.2, 0) is 14.3 Å². The predicted octanol–water partition coefficient (Wildman–Crippen LogP) is 13.8. The van der Waals surface area contributed by atoms with Gasteiger partial charge in [0.15, 0.2) is 0 Å². The van der Waals surface area contributed by atoms with E-state index in [1.54, 1.807) is 0 Å². The lowest BCUT2D eigenvalue weighted by molar-refractivity contribution is -0.151. The van der Waals surface area contributed by atoms with Crippen LogP contribution >= 0.6 is 0 Å². The Labute approximate surface area is 336 Å². The molecule has 54 heavy (non-hydrogen) atoms. The van der Waals surface area contributed by atoms with Gasteiger partial charge in [0.25, 0.3) is 0 Å². The first-order valence-electron chi connectivity index (χ1n) is 23.9. The van der Waals surface area contributed by atoms with E-state index in [0.717, 1.165) is 57.8 Å². The minimum absolute atomic E-state index is 0.0629. The Kier molecular flexibility index (Phi) is 41.6. The third-order valence-corrected chi connectivity index (χ3v) is 11.1. The standard InChI is InChI=1S/C48H93NO5/c1-4-7-10-13-16-19-22-23-24-26-29-32-35-38-41-48(53)54-44(39-36-33-30-27-25-20-17-14-11-8-5-2)42-47(52)49-45(43-50)46(51)40-37-34-31-28-21-18-15-12-9-6-3/h27,30,44-46,50-51H,4-26,28-29,31-43H2,1-3H3,(H,49,52)/b30-27-. The predicted molar refractivity (Wildman–Crippen MR) is 232 cm³/mol. The molecular weight excluding hydrogens is 671 g/mol. The van der Waals surface area contributed by atoms with E-state index in [4.69, 9.17) is 4.74 Å². The zero-order chi connectivity index (χ0) is 39.6. The fraction of sp³-hybridized carbons (Fsp3) is 0.917. The number of rotatable bonds is 43. The molecule has 0 aromatic carbocycles. The summed E-state index contributed by atoms with van der Waals surface area (Å²) in [7, 11) is 0. The van der Waals surface area contributed by atoms with Crippen LogP contribution in [0, 0.1) is 0 Å². The van der Waals surface area contributed by atoms with Crippen molar-refractivity contribution in [1.29, 1.82) is 0 Å². The summed E-state index contributed by atoms with van der Waals surface area (Å²) in [5.74, 6) is -0.492. The Bertz CT molecular complexity index is 817. The van der Waals surface area contributed by atoms with E-state index in [9.17, 15) is 19.8 Å². The van der Waals surface area contributed by atoms with Gasteiger partial charge in [-0.05, 0) is 44.9 Å². The van der Waals surface area contributed by atoms with Crippen molar-refractivity contribution in [3.8, 4) is 0 Å². The molecule has 3 unspecified atom stereocenters. The lowest BCUT2D eigenvalue weighted by atomic mass is 10.0. The van der Waals surface area contributed by atoms with Crippen molar-refractivity contribution in [3.05, 3.63) is 12.2 Å². The van der Waals surface area contributed by atoms with Crippen molar-refractivity contribution >= 4 is 11.9 Å². The number of hydrogen-bond donors (Lipinski definition) is 3. The minimum atomic E-state index is -0.786. The molecule has 0 radical (unpaired) electrons. The van der Waals surface area contributed by atoms with Gasteiger partial charge in [-0.25, -0.2) is 0 Å². The van der Waals surface area contributed by atoms with Gasteiger partial charge in [-0.2, -0.15) is 0 Å². The van der Waals surface area contributed by atoms with Crippen LogP contribution in [0.25, 0.3) is 0 Å². The second-order valence-corrected chi connectivity index (χ2v) is 16.5. The highest BCUT2D eigenvalue weighted by molar-refractivity contribution is 5.77. The molecule has 0 saturated carbocycles. The van der Waals surface area contributed by atoms with Crippen molar-refractivity contribution in [1.82, 2.24) is 5.32 Å². The van der Waals surface area contributed by atoms with Crippen LogP contribution in [0.1, 0.15) is 258 Å². The molecule has 0 bridgehead atoms. The molecule has 320 valence electrons. The van der Waals surface area contributed by atoms with Crippen LogP contribution in [0.2, 0.25) is 0 Å². The molecule has 0 heterocycles. The normalized spacial score (nSPS) is 13.4. The fourth-order valence-electron chi connectivity index (χ4n) is 7.43. The molecule has 6 nitrogen and oxygen atoms in total. The third kappa shape index (κ3) is 37.5. The number of ether oxygens (including phenoxy) is 1. The second kappa shape index (κ2) is 42.7. The van der Waals surface area contributed by atoms with E-state index >= 15 is 0 Å². The maximum absolute atomic E-state index is 13.1. The summed E-state index contributed by atoms with van der Waals surface area (Å²) in [6.45, 7) is 6.46. The van der Waals surface area contributed by atoms with Crippen LogP contribution in [0.4, 0.5) is 0 Å². The minimum Gasteiger partial charge on any atom is -0.462 e. The molecule has 0 rings (SSSR count). The topological polar surface area (TPSA) is 95.9 Å². The molecule has 0 aliphatic carbocycles. The van der Waals surface area contributed by atoms with Gasteiger partial charge in [-0.3, -0.25) is 9.59 Å². The smallest absolute Gasteiger partial charge is 0.306 e. The molecule has 3 atom stereocenters. The van der Waals surface area contributed by atoms with Crippen LogP contribution in [-0.4, -0.2) is 46.9 Å². The van der Waals surface area contributed by atoms with Gasteiger partial charge in [-0.15, -0.1) is 0 Å². The number of carbonyl (C=O) groups is 2. The van der Waals surface area contributed by atoms with E-state index < -0.39 is 18.2 Å². The van der Waals surface area contributed by atoms with Gasteiger partial charge in [0.2, 0.25) is 5.91 Å². The van der Waals surface area contributed by atoms with Crippen molar-refractivity contribution in [2.45, 2.75) is 277 Å². The Morgan fingerprint density at radius 3 is 1.35 bits per heavy atom. The molecule has 0 aromatic heterocycles. The summed E-state index contributed by atoms with van der Waals surface area (Å²) in [5, 5.41) is 23.6. The zero-order valence-electron chi connectivity index (χ0n) is 36.4. The lowest BCUT2D eigenvalue weighted by Crippen LogP contribution is -2.46. The van der Waals surface area contributed by atoms with Gasteiger partial charge in [0.05, 0.1) is 25.2 Å². The van der Waals surface area contributed by atoms with Crippen LogP contribution in [0.3, 0.4) is 0 Å². The number of nitrogens with one attached hydrogen (secondary N) is 1. The molecule has 0 aliphatic rings. The molecule has 6 heteroatoms. The number of unbranched alkanes of at least 4 members (excludes halogenated alkanes) is 29. The number of amides is 1. The third-order valence-electron chi connectivity index (χ3n) is 11.1. The summed E-state index contributed by atoms with van der Waals surface area (Å²) >= 11 is 0. The van der Waals surface area contributed by atoms with Gasteiger partial charge in [-0.1, -0.05) is 213 Å². The summed E-state index contributed by atoms with van der Waals surface area (Å²) in [6.07, 6.45) is 45.6. The quantitative estimate of drug-likeness (QED) is 0.0326. The molecule has 0 fully saturated rings. The maximum Gasteiger partial charge on any atom is 0.306 e. The van der Waals surface area contributed by atoms with Crippen molar-refractivity contribution < 1.29 is 24.5 Å². The van der Waals surface area contributed by atoms with Crippen molar-refractivity contribution in [2.75, 3.05) is 6.61 Å². The average Bonchev–Trinajstić information content (AvgIpc) is 3.16. The van der Waals surface area contributed by atoms with E-state index in [1.165, 1.54) is 154 Å². The van der Waals surface area contributed by atoms with Crippen LogP contribution in [0.15, 0.2) is 12.2 Å². The monoisotopic (exact) mass is 764 g/mol. The number of aliphatic hydroxyl groups excluding tert-OH is 2. The summed E-state index contributed by atoms with van der Waals surface area (Å²) in [4.78, 5) is 26.0. The van der Waals surface area contributed by atoms with Gasteiger partial charge in [0.1, 0.15) is 6.10 Å². The first-order chi connectivity index (χ1) is 26.5.